The zero-order chi connectivity index (χ0) is 23.8. The van der Waals surface area contributed by atoms with Crippen molar-refractivity contribution in [3.63, 3.8) is 0 Å². The predicted octanol–water partition coefficient (Wildman–Crippen LogP) is 0.432. The number of nitrogens with zero attached hydrogens (tertiary/aromatic N) is 1. The monoisotopic (exact) mass is 495 g/mol. The van der Waals surface area contributed by atoms with Crippen molar-refractivity contribution in [3.8, 4) is 0 Å². The molecule has 2 aliphatic heterocycles. The van der Waals surface area contributed by atoms with Crippen molar-refractivity contribution in [2.45, 2.75) is 36.6 Å². The molecule has 10 nitrogen and oxygen atoms in total. The van der Waals surface area contributed by atoms with E-state index in [1.54, 1.807) is 0 Å². The minimum Gasteiger partial charge on any atom is -0.326 e. The number of rotatable bonds is 7. The molecule has 3 atom stereocenters. The van der Waals surface area contributed by atoms with Crippen LogP contribution in [-0.2, 0) is 34.2 Å². The number of carbonyl (C=O) groups is 3. The van der Waals surface area contributed by atoms with Gasteiger partial charge in [-0.1, -0.05) is 12.2 Å². The molecular weight excluding hydrogens is 470 g/mol. The van der Waals surface area contributed by atoms with E-state index in [-0.39, 0.29) is 59.4 Å². The van der Waals surface area contributed by atoms with E-state index in [4.69, 9.17) is 0 Å². The minimum atomic E-state index is -3.90. The smallest absolute Gasteiger partial charge is 0.240 e. The largest absolute Gasteiger partial charge is 0.326 e. The lowest BCUT2D eigenvalue weighted by Crippen LogP contribution is -2.35. The van der Waals surface area contributed by atoms with Gasteiger partial charge in [-0.05, 0) is 43.5 Å². The summed E-state index contributed by atoms with van der Waals surface area (Å²) in [4.78, 5) is 38.3. The van der Waals surface area contributed by atoms with Crippen molar-refractivity contribution in [2.75, 3.05) is 23.4 Å². The molecule has 3 amide bonds. The van der Waals surface area contributed by atoms with Crippen molar-refractivity contribution in [2.24, 2.45) is 11.8 Å². The van der Waals surface area contributed by atoms with Crippen LogP contribution in [0.1, 0.15) is 25.7 Å². The molecule has 12 heteroatoms. The Morgan fingerprint density at radius 1 is 1.03 bits per heavy atom. The van der Waals surface area contributed by atoms with Crippen LogP contribution in [0.25, 0.3) is 0 Å². The highest BCUT2D eigenvalue weighted by atomic mass is 32.2. The number of amides is 3. The molecule has 4 rings (SSSR count). The Morgan fingerprint density at radius 2 is 1.64 bits per heavy atom. The summed E-state index contributed by atoms with van der Waals surface area (Å²) in [5.41, 5.74) is 0.360. The fraction of sp³-hybridized carbons (Fsp3) is 0.476. The molecule has 33 heavy (non-hydrogen) atoms. The van der Waals surface area contributed by atoms with Gasteiger partial charge in [0.15, 0.2) is 9.84 Å². The van der Waals surface area contributed by atoms with Crippen molar-refractivity contribution in [1.29, 1.82) is 0 Å². The number of hydrogen-bond acceptors (Lipinski definition) is 7. The molecule has 1 aliphatic carbocycles. The summed E-state index contributed by atoms with van der Waals surface area (Å²) in [6.07, 6.45) is 5.05. The minimum absolute atomic E-state index is 0.00280. The molecule has 0 bridgehead atoms. The SMILES string of the molecule is O=C(CCN1C(=O)[C@H]2CC=CC[C@H]2C1=O)Nc1ccc(S(=O)(=O)N[C@H]2CCS(=O)(=O)C2)cc1. The maximum atomic E-state index is 12.5. The number of anilines is 1. The lowest BCUT2D eigenvalue weighted by Gasteiger charge is -2.15. The number of sulfone groups is 1. The molecule has 0 unspecified atom stereocenters. The number of allylic oxidation sites excluding steroid dienone is 2. The van der Waals surface area contributed by atoms with E-state index in [1.807, 2.05) is 12.2 Å². The number of imide groups is 1. The molecule has 0 aromatic heterocycles. The van der Waals surface area contributed by atoms with E-state index in [0.717, 1.165) is 4.90 Å². The van der Waals surface area contributed by atoms with E-state index in [1.165, 1.54) is 24.3 Å². The highest BCUT2D eigenvalue weighted by molar-refractivity contribution is 7.92. The zero-order valence-electron chi connectivity index (χ0n) is 17.8. The molecule has 2 heterocycles. The van der Waals surface area contributed by atoms with E-state index >= 15 is 0 Å². The summed E-state index contributed by atoms with van der Waals surface area (Å²) in [7, 11) is -7.12. The lowest BCUT2D eigenvalue weighted by atomic mass is 9.85. The molecule has 2 fully saturated rings. The molecule has 178 valence electrons. The summed E-state index contributed by atoms with van der Waals surface area (Å²) in [6.45, 7) is -0.00280. The molecule has 1 aromatic rings. The third-order valence-corrected chi connectivity index (χ3v) is 9.47. The molecule has 0 spiro atoms. The number of carbonyl (C=O) groups excluding carboxylic acids is 3. The number of fused-ring (bicyclic) bond motifs is 1. The first kappa shape index (κ1) is 23.6. The van der Waals surface area contributed by atoms with Gasteiger partial charge in [0.25, 0.3) is 0 Å². The summed E-state index contributed by atoms with van der Waals surface area (Å²) >= 11 is 0. The van der Waals surface area contributed by atoms with Gasteiger partial charge in [0.2, 0.25) is 27.7 Å². The number of nitrogens with one attached hydrogen (secondary N) is 2. The summed E-state index contributed by atoms with van der Waals surface area (Å²) < 4.78 is 50.4. The zero-order valence-corrected chi connectivity index (χ0v) is 19.4. The van der Waals surface area contributed by atoms with Crippen LogP contribution < -0.4 is 10.0 Å². The second kappa shape index (κ2) is 8.99. The molecule has 3 aliphatic rings. The van der Waals surface area contributed by atoms with Gasteiger partial charge in [-0.2, -0.15) is 0 Å². The van der Waals surface area contributed by atoms with Crippen LogP contribution in [-0.4, -0.2) is 63.5 Å². The van der Waals surface area contributed by atoms with E-state index in [2.05, 4.69) is 10.0 Å². The summed E-state index contributed by atoms with van der Waals surface area (Å²) in [6, 6.07) is 4.81. The molecule has 2 N–H and O–H groups in total. The van der Waals surface area contributed by atoms with Crippen LogP contribution in [0.2, 0.25) is 0 Å². The van der Waals surface area contributed by atoms with E-state index in [9.17, 15) is 31.2 Å². The molecule has 2 saturated heterocycles. The number of sulfonamides is 1. The van der Waals surface area contributed by atoms with Crippen LogP contribution >= 0.6 is 0 Å². The highest BCUT2D eigenvalue weighted by Crippen LogP contribution is 2.35. The predicted molar refractivity (Wildman–Crippen MR) is 119 cm³/mol. The second-order valence-electron chi connectivity index (χ2n) is 8.53. The number of hydrogen-bond donors (Lipinski definition) is 2. The van der Waals surface area contributed by atoms with Gasteiger partial charge in [-0.3, -0.25) is 19.3 Å². The Labute approximate surface area is 192 Å². The summed E-state index contributed by atoms with van der Waals surface area (Å²) in [5, 5.41) is 2.63. The fourth-order valence-corrected chi connectivity index (χ4v) is 7.47. The van der Waals surface area contributed by atoms with Gasteiger partial charge in [-0.15, -0.1) is 0 Å². The third-order valence-electron chi connectivity index (χ3n) is 6.16. The van der Waals surface area contributed by atoms with Crippen molar-refractivity contribution in [1.82, 2.24) is 9.62 Å². The standard InChI is InChI=1S/C21H25N3O7S2/c25-19(9-11-24-20(26)17-3-1-2-4-18(17)21(24)27)22-14-5-7-16(8-6-14)33(30,31)23-15-10-12-32(28,29)13-15/h1-2,5-8,15,17-18,23H,3-4,9-13H2,(H,22,25)/t15-,17-,18+/m0/s1. The van der Waals surface area contributed by atoms with Gasteiger partial charge in [0.05, 0.1) is 28.2 Å². The van der Waals surface area contributed by atoms with Gasteiger partial charge in [0.1, 0.15) is 0 Å². The Kier molecular flexibility index (Phi) is 6.43. The summed E-state index contributed by atoms with van der Waals surface area (Å²) in [5.74, 6) is -1.82. The van der Waals surface area contributed by atoms with Crippen LogP contribution in [0.5, 0.6) is 0 Å². The Balaban J connectivity index is 1.30. The highest BCUT2D eigenvalue weighted by Gasteiger charge is 2.46. The first-order chi connectivity index (χ1) is 15.6. The first-order valence-corrected chi connectivity index (χ1v) is 14.0. The van der Waals surface area contributed by atoms with E-state index in [0.29, 0.717) is 18.5 Å². The van der Waals surface area contributed by atoms with Crippen molar-refractivity contribution >= 4 is 43.3 Å². The van der Waals surface area contributed by atoms with Crippen LogP contribution in [0.4, 0.5) is 5.69 Å². The molecular formula is C21H25N3O7S2. The second-order valence-corrected chi connectivity index (χ2v) is 12.5. The molecule has 1 aromatic carbocycles. The van der Waals surface area contributed by atoms with Crippen LogP contribution in [0.3, 0.4) is 0 Å². The van der Waals surface area contributed by atoms with Crippen LogP contribution in [0.15, 0.2) is 41.3 Å². The normalized spacial score (nSPS) is 26.4. The maximum Gasteiger partial charge on any atom is 0.240 e. The van der Waals surface area contributed by atoms with E-state index < -0.39 is 31.8 Å². The van der Waals surface area contributed by atoms with Gasteiger partial charge in [-0.25, -0.2) is 21.6 Å². The quantitative estimate of drug-likeness (QED) is 0.412. The Hall–Kier alpha value is -2.57. The topological polar surface area (TPSA) is 147 Å². The first-order valence-electron chi connectivity index (χ1n) is 10.7. The van der Waals surface area contributed by atoms with Crippen molar-refractivity contribution < 1.29 is 31.2 Å². The molecule has 0 radical (unpaired) electrons. The van der Waals surface area contributed by atoms with Gasteiger partial charge >= 0.3 is 0 Å². The number of likely N-dealkylation sites (tertiary alicyclic amines) is 1. The fourth-order valence-electron chi connectivity index (χ4n) is 4.42. The average molecular weight is 496 g/mol. The van der Waals surface area contributed by atoms with Crippen molar-refractivity contribution in [3.05, 3.63) is 36.4 Å². The Morgan fingerprint density at radius 3 is 2.18 bits per heavy atom. The maximum absolute atomic E-state index is 12.5. The third kappa shape index (κ3) is 5.17. The van der Waals surface area contributed by atoms with Gasteiger partial charge < -0.3 is 5.32 Å². The van der Waals surface area contributed by atoms with Gasteiger partial charge in [0, 0.05) is 24.7 Å². The Bertz CT molecular complexity index is 1180. The van der Waals surface area contributed by atoms with Crippen LogP contribution in [0, 0.1) is 11.8 Å². The average Bonchev–Trinajstić information content (AvgIpc) is 3.22. The molecule has 0 saturated carbocycles. The lowest BCUT2D eigenvalue weighted by molar-refractivity contribution is -0.140. The number of benzene rings is 1.